The van der Waals surface area contributed by atoms with Gasteiger partial charge in [0.25, 0.3) is 0 Å². The summed E-state index contributed by atoms with van der Waals surface area (Å²) in [6.45, 7) is 0. The zero-order valence-corrected chi connectivity index (χ0v) is 15.8. The van der Waals surface area contributed by atoms with Crippen molar-refractivity contribution in [1.82, 2.24) is 14.8 Å². The monoisotopic (exact) mass is 385 g/mol. The molecule has 1 saturated carbocycles. The number of benzene rings is 2. The third-order valence-electron chi connectivity index (χ3n) is 5.49. The highest BCUT2D eigenvalue weighted by atomic mass is 16.5. The molecule has 0 amide bonds. The third-order valence-corrected chi connectivity index (χ3v) is 5.49. The van der Waals surface area contributed by atoms with Gasteiger partial charge >= 0.3 is 5.97 Å². The Bertz CT molecular complexity index is 1200. The Hall–Kier alpha value is -3.67. The fourth-order valence-electron chi connectivity index (χ4n) is 3.83. The van der Waals surface area contributed by atoms with Crippen molar-refractivity contribution in [3.05, 3.63) is 72.4 Å². The van der Waals surface area contributed by atoms with E-state index in [9.17, 15) is 4.79 Å². The molecule has 0 radical (unpaired) electrons. The van der Waals surface area contributed by atoms with Crippen LogP contribution in [0.15, 0.2) is 66.9 Å². The lowest BCUT2D eigenvalue weighted by Gasteiger charge is -2.06. The molecule has 6 nitrogen and oxygen atoms in total. The van der Waals surface area contributed by atoms with E-state index in [-0.39, 0.29) is 11.8 Å². The van der Waals surface area contributed by atoms with Crippen LogP contribution in [-0.2, 0) is 4.79 Å². The summed E-state index contributed by atoms with van der Waals surface area (Å²) in [5, 5.41) is 14.6. The van der Waals surface area contributed by atoms with E-state index in [0.717, 1.165) is 39.8 Å². The first-order chi connectivity index (χ1) is 14.2. The van der Waals surface area contributed by atoms with Crippen LogP contribution in [0.2, 0.25) is 0 Å². The lowest BCUT2D eigenvalue weighted by molar-refractivity contribution is -0.138. The van der Waals surface area contributed by atoms with Gasteiger partial charge in [-0.2, -0.15) is 0 Å². The number of carbonyl (C=O) groups is 1. The zero-order chi connectivity index (χ0) is 20.0. The molecule has 5 rings (SSSR count). The molecule has 1 aliphatic rings. The molecule has 2 heterocycles. The second-order valence-corrected chi connectivity index (χ2v) is 7.25. The van der Waals surface area contributed by atoms with Gasteiger partial charge in [-0.15, -0.1) is 5.10 Å². The van der Waals surface area contributed by atoms with E-state index in [1.807, 2.05) is 54.6 Å². The largest absolute Gasteiger partial charge is 0.481 e. The van der Waals surface area contributed by atoms with Gasteiger partial charge in [-0.05, 0) is 53.3 Å². The normalized spacial score (nSPS) is 18.0. The van der Waals surface area contributed by atoms with Gasteiger partial charge in [0.2, 0.25) is 5.88 Å². The van der Waals surface area contributed by atoms with E-state index >= 15 is 0 Å². The van der Waals surface area contributed by atoms with E-state index in [1.54, 1.807) is 18.0 Å². The molecule has 29 heavy (non-hydrogen) atoms. The molecule has 0 saturated heterocycles. The number of carboxylic acid groups (broad SMARTS) is 1. The smallest absolute Gasteiger partial charge is 0.307 e. The maximum atomic E-state index is 11.1. The molecule has 144 valence electrons. The molecule has 4 aromatic rings. The molecule has 1 aliphatic carbocycles. The Morgan fingerprint density at radius 3 is 2.55 bits per heavy atom. The van der Waals surface area contributed by atoms with Gasteiger partial charge in [0.15, 0.2) is 5.82 Å². The summed E-state index contributed by atoms with van der Waals surface area (Å²) in [5.41, 5.74) is 4.11. The van der Waals surface area contributed by atoms with Gasteiger partial charge < -0.3 is 9.84 Å². The van der Waals surface area contributed by atoms with Crippen LogP contribution < -0.4 is 4.74 Å². The summed E-state index contributed by atoms with van der Waals surface area (Å²) in [7, 11) is 1.61. The number of aromatic nitrogens is 3. The molecule has 0 bridgehead atoms. The van der Waals surface area contributed by atoms with Gasteiger partial charge in [-0.25, -0.2) is 9.67 Å². The van der Waals surface area contributed by atoms with Crippen molar-refractivity contribution in [2.75, 3.05) is 7.11 Å². The van der Waals surface area contributed by atoms with Gasteiger partial charge in [0.05, 0.1) is 23.9 Å². The van der Waals surface area contributed by atoms with Crippen LogP contribution >= 0.6 is 0 Å². The van der Waals surface area contributed by atoms with Crippen molar-refractivity contribution >= 4 is 16.9 Å². The first kappa shape index (κ1) is 17.4. The van der Waals surface area contributed by atoms with E-state index in [2.05, 4.69) is 16.1 Å². The van der Waals surface area contributed by atoms with Gasteiger partial charge in [-0.3, -0.25) is 4.79 Å². The maximum absolute atomic E-state index is 11.1. The number of rotatable bonds is 5. The van der Waals surface area contributed by atoms with Crippen molar-refractivity contribution in [1.29, 1.82) is 0 Å². The topological polar surface area (TPSA) is 77.2 Å². The molecule has 0 spiro atoms. The highest BCUT2D eigenvalue weighted by Crippen LogP contribution is 2.47. The van der Waals surface area contributed by atoms with Gasteiger partial charge in [0, 0.05) is 6.20 Å². The van der Waals surface area contributed by atoms with Crippen molar-refractivity contribution in [2.24, 2.45) is 5.92 Å². The fraction of sp³-hybridized carbons (Fsp3) is 0.174. The van der Waals surface area contributed by atoms with E-state index < -0.39 is 5.97 Å². The lowest BCUT2D eigenvalue weighted by Crippen LogP contribution is -1.99. The third kappa shape index (κ3) is 3.02. The highest BCUT2D eigenvalue weighted by Gasteiger charge is 2.43. The molecule has 1 N–H and O–H groups in total. The first-order valence-electron chi connectivity index (χ1n) is 9.47. The number of fused-ring (bicyclic) bond motifs is 1. The quantitative estimate of drug-likeness (QED) is 0.555. The Labute approximate surface area is 167 Å². The number of aliphatic carboxylic acids is 1. The summed E-state index contributed by atoms with van der Waals surface area (Å²) >= 11 is 0. The number of hydrogen-bond donors (Lipinski definition) is 1. The van der Waals surface area contributed by atoms with Crippen LogP contribution in [-0.4, -0.2) is 33.0 Å². The predicted octanol–water partition coefficient (Wildman–Crippen LogP) is 4.28. The minimum absolute atomic E-state index is 0.138. The van der Waals surface area contributed by atoms with Crippen LogP contribution in [0.1, 0.15) is 17.9 Å². The zero-order valence-electron chi connectivity index (χ0n) is 15.8. The molecular weight excluding hydrogens is 366 g/mol. The Morgan fingerprint density at radius 1 is 1.10 bits per heavy atom. The average Bonchev–Trinajstić information content (AvgIpc) is 3.49. The molecule has 0 unspecified atom stereocenters. The second kappa shape index (κ2) is 6.74. The number of pyridine rings is 1. The number of methoxy groups -OCH3 is 1. The van der Waals surface area contributed by atoms with E-state index in [1.165, 1.54) is 0 Å². The Balaban J connectivity index is 1.54. The van der Waals surface area contributed by atoms with Gasteiger partial charge in [-0.1, -0.05) is 36.4 Å². The average molecular weight is 385 g/mol. The molecule has 6 heteroatoms. The van der Waals surface area contributed by atoms with E-state index in [0.29, 0.717) is 5.88 Å². The second-order valence-electron chi connectivity index (χ2n) is 7.25. The molecular formula is C23H19N3O3. The number of ether oxygens (including phenoxy) is 1. The molecule has 2 aromatic carbocycles. The summed E-state index contributed by atoms with van der Waals surface area (Å²) in [6.07, 6.45) is 2.46. The molecule has 1 fully saturated rings. The summed E-state index contributed by atoms with van der Waals surface area (Å²) < 4.78 is 7.23. The Morgan fingerprint density at radius 2 is 1.90 bits per heavy atom. The van der Waals surface area contributed by atoms with Crippen molar-refractivity contribution in [2.45, 2.75) is 12.3 Å². The van der Waals surface area contributed by atoms with Crippen molar-refractivity contribution in [3.8, 4) is 22.8 Å². The standard InChI is InChI=1S/C23H19N3O3/c1-29-22-17-10-9-16(12-20(17)26(25-22)21-4-2-3-11-24-21)14-5-7-15(8-6-14)18-13-19(18)23(27)28/h2-12,18-19H,13H2,1H3,(H,27,28)/t18-,19+/m1/s1. The fourth-order valence-corrected chi connectivity index (χ4v) is 3.83. The highest BCUT2D eigenvalue weighted by molar-refractivity contribution is 5.89. The van der Waals surface area contributed by atoms with Crippen LogP contribution in [0, 0.1) is 5.92 Å². The summed E-state index contributed by atoms with van der Waals surface area (Å²) in [5.74, 6) is 0.472. The summed E-state index contributed by atoms with van der Waals surface area (Å²) in [6, 6.07) is 20.0. The molecule has 0 aliphatic heterocycles. The first-order valence-corrected chi connectivity index (χ1v) is 9.47. The van der Waals surface area contributed by atoms with Crippen LogP contribution in [0.3, 0.4) is 0 Å². The van der Waals surface area contributed by atoms with Crippen molar-refractivity contribution < 1.29 is 14.6 Å². The minimum atomic E-state index is -0.707. The molecule has 2 aromatic heterocycles. The number of carboxylic acids is 1. The van der Waals surface area contributed by atoms with E-state index in [4.69, 9.17) is 9.84 Å². The van der Waals surface area contributed by atoms with Crippen LogP contribution in [0.4, 0.5) is 0 Å². The number of nitrogens with zero attached hydrogens (tertiary/aromatic N) is 3. The minimum Gasteiger partial charge on any atom is -0.481 e. The Kier molecular flexibility index (Phi) is 4.05. The predicted molar refractivity (Wildman–Crippen MR) is 109 cm³/mol. The molecule has 2 atom stereocenters. The SMILES string of the molecule is COc1nn(-c2ccccn2)c2cc(-c3ccc([C@H]4C[C@@H]4C(=O)O)cc3)ccc12. The van der Waals surface area contributed by atoms with Crippen molar-refractivity contribution in [3.63, 3.8) is 0 Å². The van der Waals surface area contributed by atoms with Crippen LogP contribution in [0.25, 0.3) is 27.8 Å². The summed E-state index contributed by atoms with van der Waals surface area (Å²) in [4.78, 5) is 15.5. The van der Waals surface area contributed by atoms with Gasteiger partial charge in [0.1, 0.15) is 0 Å². The number of hydrogen-bond acceptors (Lipinski definition) is 4. The maximum Gasteiger partial charge on any atom is 0.307 e. The van der Waals surface area contributed by atoms with Crippen LogP contribution in [0.5, 0.6) is 5.88 Å². The lowest BCUT2D eigenvalue weighted by atomic mass is 10.0.